The van der Waals surface area contributed by atoms with Crippen LogP contribution in [0.25, 0.3) is 0 Å². The van der Waals surface area contributed by atoms with Gasteiger partial charge in [-0.3, -0.25) is 10.1 Å². The normalized spacial score (nSPS) is 11.4. The monoisotopic (exact) mass is 350 g/mol. The van der Waals surface area contributed by atoms with Crippen molar-refractivity contribution in [1.82, 2.24) is 10.2 Å². The quantitative estimate of drug-likeness (QED) is 0.318. The summed E-state index contributed by atoms with van der Waals surface area (Å²) in [7, 11) is 7.16. The molecule has 0 bridgehead atoms. The van der Waals surface area contributed by atoms with Crippen LogP contribution in [0.3, 0.4) is 0 Å². The molecule has 0 spiro atoms. The van der Waals surface area contributed by atoms with Crippen LogP contribution in [-0.2, 0) is 0 Å². The number of guanidine groups is 1. The van der Waals surface area contributed by atoms with Crippen LogP contribution in [0.4, 0.5) is 17.1 Å². The van der Waals surface area contributed by atoms with Gasteiger partial charge in [-0.2, -0.15) is 0 Å². The minimum absolute atomic E-state index is 0.0658. The van der Waals surface area contributed by atoms with E-state index in [-0.39, 0.29) is 17.3 Å². The highest BCUT2D eigenvalue weighted by atomic mass is 16.6. The number of benzene rings is 1. The molecule has 0 fully saturated rings. The Morgan fingerprint density at radius 2 is 2.04 bits per heavy atom. The molecular formula is C16H26N6O3. The summed E-state index contributed by atoms with van der Waals surface area (Å²) in [5, 5.41) is 14.3. The van der Waals surface area contributed by atoms with Gasteiger partial charge in [0, 0.05) is 38.0 Å². The standard InChI is InChI=1S/C16H26N6O3/c1-11(2)18-16(17)19-12-9-14(22(23)24)13(10-15(12)25-6)21(5)8-7-20(3)4/h9-10H,1,7-8H2,2-6H3,(H3,17,18,19). The molecule has 138 valence electrons. The maximum Gasteiger partial charge on any atom is 0.294 e. The van der Waals surface area contributed by atoms with Gasteiger partial charge < -0.3 is 25.6 Å². The number of likely N-dealkylation sites (N-methyl/N-ethyl adjacent to an activating group) is 2. The number of nitro benzene ring substituents is 1. The van der Waals surface area contributed by atoms with Crippen LogP contribution in [0.2, 0.25) is 0 Å². The van der Waals surface area contributed by atoms with Gasteiger partial charge in [0.15, 0.2) is 5.96 Å². The lowest BCUT2D eigenvalue weighted by Gasteiger charge is -2.22. The summed E-state index contributed by atoms with van der Waals surface area (Å²) in [5.41, 5.74) is 7.03. The van der Waals surface area contributed by atoms with Crippen molar-refractivity contribution in [3.8, 4) is 5.75 Å². The number of rotatable bonds is 8. The summed E-state index contributed by atoms with van der Waals surface area (Å²) in [6.07, 6.45) is 0. The van der Waals surface area contributed by atoms with Gasteiger partial charge in [-0.1, -0.05) is 6.58 Å². The smallest absolute Gasteiger partial charge is 0.294 e. The molecule has 0 aliphatic heterocycles. The van der Waals surface area contributed by atoms with E-state index in [4.69, 9.17) is 10.5 Å². The van der Waals surface area contributed by atoms with Gasteiger partial charge in [0.1, 0.15) is 17.1 Å². The number of nitro groups is 1. The second-order valence-corrected chi connectivity index (χ2v) is 5.90. The minimum Gasteiger partial charge on any atom is -0.494 e. The van der Waals surface area contributed by atoms with Crippen LogP contribution >= 0.6 is 0 Å². The maximum atomic E-state index is 11.5. The van der Waals surface area contributed by atoms with Gasteiger partial charge in [0.05, 0.1) is 12.0 Å². The highest BCUT2D eigenvalue weighted by Crippen LogP contribution is 2.39. The molecule has 0 saturated carbocycles. The first kappa shape index (κ1) is 20.2. The average molecular weight is 350 g/mol. The van der Waals surface area contributed by atoms with Gasteiger partial charge in [-0.05, 0) is 21.0 Å². The summed E-state index contributed by atoms with van der Waals surface area (Å²) >= 11 is 0. The number of hydrogen-bond donors (Lipinski definition) is 2. The molecule has 25 heavy (non-hydrogen) atoms. The number of ether oxygens (including phenoxy) is 1. The average Bonchev–Trinajstić information content (AvgIpc) is 2.51. The molecule has 0 amide bonds. The lowest BCUT2D eigenvalue weighted by Crippen LogP contribution is -2.29. The van der Waals surface area contributed by atoms with Gasteiger partial charge in [-0.25, -0.2) is 4.99 Å². The second kappa shape index (κ2) is 8.88. The van der Waals surface area contributed by atoms with Gasteiger partial charge in [0.2, 0.25) is 0 Å². The molecule has 3 N–H and O–H groups in total. The molecule has 0 aliphatic carbocycles. The Balaban J connectivity index is 3.33. The van der Waals surface area contributed by atoms with E-state index in [9.17, 15) is 10.1 Å². The van der Waals surface area contributed by atoms with Crippen molar-refractivity contribution < 1.29 is 9.66 Å². The van der Waals surface area contributed by atoms with Crippen LogP contribution in [0, 0.1) is 10.1 Å². The number of anilines is 1. The van der Waals surface area contributed by atoms with Crippen molar-refractivity contribution in [2.24, 2.45) is 10.7 Å². The SMILES string of the molecule is C=C(C)NC(N)=Nc1cc([N+](=O)[O-])c(N(C)CCN(C)C)cc1OC. The van der Waals surface area contributed by atoms with Crippen molar-refractivity contribution in [1.29, 1.82) is 0 Å². The Labute approximate surface area is 147 Å². The van der Waals surface area contributed by atoms with Crippen LogP contribution < -0.4 is 20.7 Å². The molecular weight excluding hydrogens is 324 g/mol. The zero-order valence-corrected chi connectivity index (χ0v) is 15.4. The predicted octanol–water partition coefficient (Wildman–Crippen LogP) is 1.67. The van der Waals surface area contributed by atoms with Gasteiger partial charge in [-0.15, -0.1) is 0 Å². The van der Waals surface area contributed by atoms with Crippen LogP contribution in [-0.4, -0.2) is 57.1 Å². The van der Waals surface area contributed by atoms with Crippen LogP contribution in [0.1, 0.15) is 6.92 Å². The van der Waals surface area contributed by atoms with E-state index in [1.807, 2.05) is 23.9 Å². The molecule has 0 aromatic heterocycles. The van der Waals surface area contributed by atoms with E-state index >= 15 is 0 Å². The molecule has 0 saturated heterocycles. The molecule has 0 atom stereocenters. The van der Waals surface area contributed by atoms with E-state index in [1.165, 1.54) is 13.2 Å². The summed E-state index contributed by atoms with van der Waals surface area (Å²) < 4.78 is 5.33. The fourth-order valence-electron chi connectivity index (χ4n) is 2.10. The largest absolute Gasteiger partial charge is 0.494 e. The molecule has 9 heteroatoms. The Bertz CT molecular complexity index is 672. The Kier molecular flexibility index (Phi) is 7.19. The van der Waals surface area contributed by atoms with Crippen LogP contribution in [0.5, 0.6) is 5.75 Å². The molecule has 0 aliphatic rings. The topological polar surface area (TPSA) is 109 Å². The van der Waals surface area contributed by atoms with Gasteiger partial charge in [0.25, 0.3) is 5.69 Å². The fourth-order valence-corrected chi connectivity index (χ4v) is 2.10. The van der Waals surface area contributed by atoms with E-state index in [2.05, 4.69) is 16.9 Å². The zero-order chi connectivity index (χ0) is 19.1. The molecule has 0 heterocycles. The number of nitrogens with zero attached hydrogens (tertiary/aromatic N) is 4. The summed E-state index contributed by atoms with van der Waals surface area (Å²) in [5.74, 6) is 0.470. The van der Waals surface area contributed by atoms with Crippen LogP contribution in [0.15, 0.2) is 29.4 Å². The Morgan fingerprint density at radius 3 is 2.52 bits per heavy atom. The number of aliphatic imine (C=N–C) groups is 1. The van der Waals surface area contributed by atoms with Gasteiger partial charge >= 0.3 is 0 Å². The van der Waals surface area contributed by atoms with E-state index < -0.39 is 4.92 Å². The zero-order valence-electron chi connectivity index (χ0n) is 15.4. The number of allylic oxidation sites excluding steroid dienone is 1. The fraction of sp³-hybridized carbons (Fsp3) is 0.438. The number of nitrogens with two attached hydrogens (primary N) is 1. The van der Waals surface area contributed by atoms with Crippen molar-refractivity contribution in [2.45, 2.75) is 6.92 Å². The number of methoxy groups -OCH3 is 1. The highest BCUT2D eigenvalue weighted by molar-refractivity contribution is 5.85. The summed E-state index contributed by atoms with van der Waals surface area (Å²) in [6, 6.07) is 2.95. The number of nitrogens with one attached hydrogen (secondary N) is 1. The van der Waals surface area contributed by atoms with E-state index in [1.54, 1.807) is 20.0 Å². The second-order valence-electron chi connectivity index (χ2n) is 5.90. The lowest BCUT2D eigenvalue weighted by atomic mass is 10.2. The molecule has 1 aromatic carbocycles. The van der Waals surface area contributed by atoms with Crippen molar-refractivity contribution in [3.05, 3.63) is 34.5 Å². The van der Waals surface area contributed by atoms with E-state index in [0.717, 1.165) is 6.54 Å². The molecule has 1 rings (SSSR count). The number of hydrogen-bond acceptors (Lipinski definition) is 6. The highest BCUT2D eigenvalue weighted by Gasteiger charge is 2.22. The molecule has 1 aromatic rings. The first-order chi connectivity index (χ1) is 11.6. The van der Waals surface area contributed by atoms with Crippen molar-refractivity contribution in [2.75, 3.05) is 46.2 Å². The van der Waals surface area contributed by atoms with Crippen molar-refractivity contribution >= 4 is 23.0 Å². The van der Waals surface area contributed by atoms with E-state index in [0.29, 0.717) is 23.7 Å². The third-order valence-corrected chi connectivity index (χ3v) is 3.35. The predicted molar refractivity (Wildman–Crippen MR) is 101 cm³/mol. The summed E-state index contributed by atoms with van der Waals surface area (Å²) in [6.45, 7) is 6.78. The third-order valence-electron chi connectivity index (χ3n) is 3.35. The Morgan fingerprint density at radius 1 is 1.40 bits per heavy atom. The third kappa shape index (κ3) is 5.96. The first-order valence-electron chi connectivity index (χ1n) is 7.64. The molecule has 0 radical (unpaired) electrons. The minimum atomic E-state index is -0.442. The Hall–Kier alpha value is -2.81. The lowest BCUT2D eigenvalue weighted by molar-refractivity contribution is -0.384. The maximum absolute atomic E-state index is 11.5. The van der Waals surface area contributed by atoms with Crippen molar-refractivity contribution in [3.63, 3.8) is 0 Å². The summed E-state index contributed by atoms with van der Waals surface area (Å²) in [4.78, 5) is 19.0. The molecule has 9 nitrogen and oxygen atoms in total. The first-order valence-corrected chi connectivity index (χ1v) is 7.64. The molecule has 0 unspecified atom stereocenters.